The van der Waals surface area contributed by atoms with Crippen molar-refractivity contribution in [3.63, 3.8) is 0 Å². The third-order valence-electron chi connectivity index (χ3n) is 5.46. The molecule has 2 aromatic carbocycles. The molecule has 2 aromatic rings. The highest BCUT2D eigenvalue weighted by atomic mass is 35.5. The van der Waals surface area contributed by atoms with Crippen LogP contribution in [0.1, 0.15) is 18.4 Å². The van der Waals surface area contributed by atoms with Crippen molar-refractivity contribution in [2.24, 2.45) is 10.1 Å². The van der Waals surface area contributed by atoms with Gasteiger partial charge in [0.25, 0.3) is 5.91 Å². The largest absolute Gasteiger partial charge is 0.490 e. The van der Waals surface area contributed by atoms with Gasteiger partial charge in [0.15, 0.2) is 11.0 Å². The lowest BCUT2D eigenvalue weighted by Crippen LogP contribution is -2.35. The molecule has 0 spiro atoms. The third-order valence-corrected chi connectivity index (χ3v) is 6.74. The van der Waals surface area contributed by atoms with Gasteiger partial charge < -0.3 is 14.4 Å². The van der Waals surface area contributed by atoms with Gasteiger partial charge in [-0.1, -0.05) is 35.9 Å². The number of hydrogen-bond acceptors (Lipinski definition) is 7. The molecule has 0 bridgehead atoms. The van der Waals surface area contributed by atoms with Gasteiger partial charge in [-0.2, -0.15) is 10.0 Å². The molecule has 5 rings (SSSR count). The number of amides is 1. The van der Waals surface area contributed by atoms with E-state index in [9.17, 15) is 4.79 Å². The van der Waals surface area contributed by atoms with E-state index in [2.05, 4.69) is 15.0 Å². The number of nitrogens with zero attached hydrogens (tertiary/aromatic N) is 4. The normalized spacial score (nSPS) is 18.8. The number of para-hydroxylation sites is 1. The highest BCUT2D eigenvalue weighted by molar-refractivity contribution is 8.26. The summed E-state index contributed by atoms with van der Waals surface area (Å²) in [5, 5.41) is 16.3. The van der Waals surface area contributed by atoms with Crippen LogP contribution in [0.15, 0.2) is 64.2 Å². The van der Waals surface area contributed by atoms with Crippen molar-refractivity contribution >= 4 is 51.5 Å². The highest BCUT2D eigenvalue weighted by Crippen LogP contribution is 2.31. The summed E-state index contributed by atoms with van der Waals surface area (Å²) in [4.78, 5) is 18.9. The van der Waals surface area contributed by atoms with Crippen LogP contribution in [0, 0.1) is 5.41 Å². The highest BCUT2D eigenvalue weighted by Gasteiger charge is 2.37. The minimum absolute atomic E-state index is 0.0359. The Hall–Kier alpha value is -3.30. The van der Waals surface area contributed by atoms with Gasteiger partial charge in [0.2, 0.25) is 5.17 Å². The average Bonchev–Trinajstić information content (AvgIpc) is 3.52. The van der Waals surface area contributed by atoms with E-state index in [-0.39, 0.29) is 11.4 Å². The second-order valence-electron chi connectivity index (χ2n) is 7.79. The number of halogens is 1. The van der Waals surface area contributed by atoms with Crippen LogP contribution in [0.25, 0.3) is 6.08 Å². The molecule has 1 N–H and O–H groups in total. The number of hydrogen-bond donors (Lipinski definition) is 1. The van der Waals surface area contributed by atoms with E-state index in [4.69, 9.17) is 26.5 Å². The van der Waals surface area contributed by atoms with Gasteiger partial charge in [-0.3, -0.25) is 10.2 Å². The van der Waals surface area contributed by atoms with Crippen molar-refractivity contribution < 1.29 is 14.3 Å². The Morgan fingerprint density at radius 1 is 1.03 bits per heavy atom. The zero-order chi connectivity index (χ0) is 23.5. The fraction of sp³-hybridized carbons (Fsp3) is 0.250. The molecular weight excluding hydrogens is 474 g/mol. The maximum Gasteiger partial charge on any atom is 0.283 e. The van der Waals surface area contributed by atoms with E-state index in [1.54, 1.807) is 18.2 Å². The molecular formula is C24H22ClN5O3S. The summed E-state index contributed by atoms with van der Waals surface area (Å²) in [6.07, 6.45) is 3.91. The van der Waals surface area contributed by atoms with Crippen molar-refractivity contribution in [3.8, 4) is 11.5 Å². The molecule has 1 saturated heterocycles. The second-order valence-corrected chi connectivity index (χ2v) is 9.13. The summed E-state index contributed by atoms with van der Waals surface area (Å²) >= 11 is 7.42. The number of carbonyl (C=O) groups excluding carboxylic acids is 1. The molecule has 3 aliphatic rings. The zero-order valence-corrected chi connectivity index (χ0v) is 19.8. The van der Waals surface area contributed by atoms with E-state index in [0.717, 1.165) is 36.7 Å². The standard InChI is InChI=1S/C24H22ClN5O3S/c25-19-5-1-2-6-20(19)33-14-13-32-17-9-7-16(8-10-17)15-18-21(26)30-23(27-22(18)31)34-24(28-30)29-11-3-4-12-29/h1-2,5-10,15,26H,3-4,11-14H2/b18-15+,26-21?. The number of nitrogens with one attached hydrogen (secondary N) is 1. The number of amidine groups is 3. The van der Waals surface area contributed by atoms with Gasteiger partial charge in [0.1, 0.15) is 24.7 Å². The smallest absolute Gasteiger partial charge is 0.283 e. The van der Waals surface area contributed by atoms with Gasteiger partial charge in [-0.15, -0.1) is 5.10 Å². The minimum Gasteiger partial charge on any atom is -0.490 e. The van der Waals surface area contributed by atoms with Crippen LogP contribution in [0.5, 0.6) is 11.5 Å². The lowest BCUT2D eigenvalue weighted by atomic mass is 10.1. The predicted molar refractivity (Wildman–Crippen MR) is 135 cm³/mol. The molecule has 8 nitrogen and oxygen atoms in total. The van der Waals surface area contributed by atoms with Crippen LogP contribution in [0.2, 0.25) is 5.02 Å². The summed E-state index contributed by atoms with van der Waals surface area (Å²) in [5.41, 5.74) is 0.972. The number of benzene rings is 2. The van der Waals surface area contributed by atoms with Crippen LogP contribution < -0.4 is 9.47 Å². The number of thioether (sulfide) groups is 1. The zero-order valence-electron chi connectivity index (χ0n) is 18.2. The molecule has 0 atom stereocenters. The Bertz CT molecular complexity index is 1210. The third kappa shape index (κ3) is 4.80. The van der Waals surface area contributed by atoms with Crippen LogP contribution >= 0.6 is 23.4 Å². The fourth-order valence-electron chi connectivity index (χ4n) is 3.72. The van der Waals surface area contributed by atoms with Gasteiger partial charge in [-0.05, 0) is 60.5 Å². The molecule has 3 aliphatic heterocycles. The summed E-state index contributed by atoms with van der Waals surface area (Å²) in [6, 6.07) is 14.6. The Morgan fingerprint density at radius 3 is 2.53 bits per heavy atom. The summed E-state index contributed by atoms with van der Waals surface area (Å²) in [5.74, 6) is 0.895. The number of ether oxygens (including phenoxy) is 2. The van der Waals surface area contributed by atoms with Gasteiger partial charge in [0, 0.05) is 13.1 Å². The number of rotatable bonds is 6. The second kappa shape index (κ2) is 9.90. The van der Waals surface area contributed by atoms with Crippen LogP contribution in [-0.4, -0.2) is 58.3 Å². The minimum atomic E-state index is -0.432. The lowest BCUT2D eigenvalue weighted by Gasteiger charge is -2.20. The van der Waals surface area contributed by atoms with Crippen molar-refractivity contribution in [3.05, 3.63) is 64.7 Å². The summed E-state index contributed by atoms with van der Waals surface area (Å²) in [7, 11) is 0. The Morgan fingerprint density at radius 2 is 1.76 bits per heavy atom. The maximum absolute atomic E-state index is 12.6. The molecule has 174 valence electrons. The molecule has 0 unspecified atom stereocenters. The topological polar surface area (TPSA) is 90.6 Å². The molecule has 34 heavy (non-hydrogen) atoms. The number of hydrazone groups is 1. The quantitative estimate of drug-likeness (QED) is 0.469. The monoisotopic (exact) mass is 495 g/mol. The average molecular weight is 496 g/mol. The first-order valence-electron chi connectivity index (χ1n) is 10.9. The molecule has 10 heteroatoms. The molecule has 1 fully saturated rings. The molecule has 0 aromatic heterocycles. The molecule has 1 amide bonds. The molecule has 0 radical (unpaired) electrons. The summed E-state index contributed by atoms with van der Waals surface area (Å²) < 4.78 is 11.3. The molecule has 3 heterocycles. The van der Waals surface area contributed by atoms with Crippen LogP contribution in [-0.2, 0) is 4.79 Å². The maximum atomic E-state index is 12.6. The van der Waals surface area contributed by atoms with Crippen LogP contribution in [0.4, 0.5) is 0 Å². The van der Waals surface area contributed by atoms with E-state index in [1.165, 1.54) is 16.8 Å². The van der Waals surface area contributed by atoms with Gasteiger partial charge in [0.05, 0.1) is 10.6 Å². The Kier molecular flexibility index (Phi) is 6.55. The van der Waals surface area contributed by atoms with E-state index in [0.29, 0.717) is 34.9 Å². The fourth-order valence-corrected chi connectivity index (χ4v) is 4.85. The van der Waals surface area contributed by atoms with Crippen molar-refractivity contribution in [2.45, 2.75) is 12.8 Å². The van der Waals surface area contributed by atoms with E-state index in [1.807, 2.05) is 36.4 Å². The van der Waals surface area contributed by atoms with Crippen molar-refractivity contribution in [1.29, 1.82) is 5.41 Å². The first kappa shape index (κ1) is 22.5. The number of carbonyl (C=O) groups is 1. The first-order chi connectivity index (χ1) is 16.6. The van der Waals surface area contributed by atoms with E-state index >= 15 is 0 Å². The molecule has 0 aliphatic carbocycles. The first-order valence-corrected chi connectivity index (χ1v) is 12.1. The van der Waals surface area contributed by atoms with Gasteiger partial charge >= 0.3 is 0 Å². The number of aliphatic imine (C=N–C) groups is 1. The van der Waals surface area contributed by atoms with E-state index < -0.39 is 5.91 Å². The Labute approximate surface area is 206 Å². The summed E-state index contributed by atoms with van der Waals surface area (Å²) in [6.45, 7) is 2.60. The number of likely N-dealkylation sites (tertiary alicyclic amines) is 1. The predicted octanol–water partition coefficient (Wildman–Crippen LogP) is 4.47. The van der Waals surface area contributed by atoms with Gasteiger partial charge in [-0.25, -0.2) is 0 Å². The molecule has 0 saturated carbocycles. The number of fused-ring (bicyclic) bond motifs is 1. The SMILES string of the molecule is N=C1/C(=C\c2ccc(OCCOc3ccccc3Cl)cc2)C(=O)N=C2SC(N3CCCC3)=NN12. The van der Waals surface area contributed by atoms with Crippen molar-refractivity contribution in [2.75, 3.05) is 26.3 Å². The van der Waals surface area contributed by atoms with Crippen LogP contribution in [0.3, 0.4) is 0 Å². The lowest BCUT2D eigenvalue weighted by molar-refractivity contribution is -0.114. The Balaban J connectivity index is 1.20. The van der Waals surface area contributed by atoms with Crippen molar-refractivity contribution in [1.82, 2.24) is 9.91 Å².